The fraction of sp³-hybridized carbons (Fsp3) is 0.375. The summed E-state index contributed by atoms with van der Waals surface area (Å²) in [5.74, 6) is -3.96. The molecule has 3 N–H and O–H groups in total. The molecule has 158 valence electrons. The van der Waals surface area contributed by atoms with Crippen molar-refractivity contribution in [3.05, 3.63) is 60.2 Å². The second-order valence-electron chi connectivity index (χ2n) is 8.08. The number of nitrogens with one attached hydrogen (secondary N) is 1. The molecule has 0 aliphatic heterocycles. The Morgan fingerprint density at radius 2 is 1.53 bits per heavy atom. The van der Waals surface area contributed by atoms with Crippen LogP contribution >= 0.6 is 0 Å². The number of carboxylic acids is 2. The van der Waals surface area contributed by atoms with Crippen molar-refractivity contribution in [3.8, 4) is 11.1 Å². The molecule has 0 unspecified atom stereocenters. The average Bonchev–Trinajstić information content (AvgIpc) is 2.67. The van der Waals surface area contributed by atoms with Crippen LogP contribution in [0.25, 0.3) is 11.1 Å². The normalized spacial score (nSPS) is 19.9. The van der Waals surface area contributed by atoms with Crippen LogP contribution < -0.4 is 5.32 Å². The molecule has 1 amide bonds. The van der Waals surface area contributed by atoms with Crippen LogP contribution in [0.3, 0.4) is 0 Å². The highest BCUT2D eigenvalue weighted by Gasteiger charge is 2.42. The summed E-state index contributed by atoms with van der Waals surface area (Å²) in [6, 6.07) is 17.6. The molecule has 6 heteroatoms. The van der Waals surface area contributed by atoms with Crippen LogP contribution in [0.4, 0.5) is 0 Å². The second-order valence-corrected chi connectivity index (χ2v) is 8.08. The zero-order chi connectivity index (χ0) is 21.7. The van der Waals surface area contributed by atoms with Crippen molar-refractivity contribution in [2.75, 3.05) is 0 Å². The highest BCUT2D eigenvalue weighted by molar-refractivity contribution is 5.86. The van der Waals surface area contributed by atoms with Crippen LogP contribution in [-0.2, 0) is 20.8 Å². The number of carboxylic acid groups (broad SMARTS) is 2. The fourth-order valence-electron chi connectivity index (χ4n) is 3.89. The minimum absolute atomic E-state index is 0.284. The van der Waals surface area contributed by atoms with Gasteiger partial charge in [0.25, 0.3) is 0 Å². The van der Waals surface area contributed by atoms with Crippen molar-refractivity contribution in [2.24, 2.45) is 17.8 Å². The first kappa shape index (κ1) is 21.6. The summed E-state index contributed by atoms with van der Waals surface area (Å²) >= 11 is 0. The van der Waals surface area contributed by atoms with Gasteiger partial charge in [0.05, 0.1) is 17.8 Å². The zero-order valence-electron chi connectivity index (χ0n) is 17.0. The molecule has 0 saturated heterocycles. The van der Waals surface area contributed by atoms with Crippen LogP contribution in [0.15, 0.2) is 54.6 Å². The van der Waals surface area contributed by atoms with Crippen LogP contribution in [0.1, 0.15) is 31.7 Å². The molecule has 0 radical (unpaired) electrons. The maximum absolute atomic E-state index is 12.6. The molecule has 2 aromatic rings. The third-order valence-electron chi connectivity index (χ3n) is 5.88. The number of rotatable bonds is 9. The molecule has 1 fully saturated rings. The van der Waals surface area contributed by atoms with Gasteiger partial charge in [-0.25, -0.2) is 0 Å². The van der Waals surface area contributed by atoms with Crippen molar-refractivity contribution in [1.82, 2.24) is 5.32 Å². The number of aliphatic carboxylic acids is 2. The lowest BCUT2D eigenvalue weighted by molar-refractivity contribution is -0.153. The number of carbonyl (C=O) groups is 3. The van der Waals surface area contributed by atoms with Gasteiger partial charge in [0.2, 0.25) is 5.91 Å². The molecule has 6 nitrogen and oxygen atoms in total. The maximum atomic E-state index is 12.6. The summed E-state index contributed by atoms with van der Waals surface area (Å²) < 4.78 is 0. The van der Waals surface area contributed by atoms with Gasteiger partial charge in [-0.1, -0.05) is 61.5 Å². The monoisotopic (exact) mass is 409 g/mol. The van der Waals surface area contributed by atoms with E-state index in [0.717, 1.165) is 16.7 Å². The predicted octanol–water partition coefficient (Wildman–Crippen LogP) is 3.60. The first-order chi connectivity index (χ1) is 14.3. The smallest absolute Gasteiger partial charge is 0.307 e. The second kappa shape index (κ2) is 9.57. The average molecular weight is 409 g/mol. The maximum Gasteiger partial charge on any atom is 0.307 e. The van der Waals surface area contributed by atoms with Crippen molar-refractivity contribution in [1.29, 1.82) is 0 Å². The molecule has 1 aliphatic carbocycles. The van der Waals surface area contributed by atoms with E-state index in [2.05, 4.69) is 5.32 Å². The van der Waals surface area contributed by atoms with Crippen LogP contribution in [0, 0.1) is 17.8 Å². The van der Waals surface area contributed by atoms with E-state index in [0.29, 0.717) is 19.3 Å². The molecule has 1 aliphatic rings. The first-order valence-electron chi connectivity index (χ1n) is 10.3. The van der Waals surface area contributed by atoms with Crippen LogP contribution in [0.5, 0.6) is 0 Å². The molecule has 30 heavy (non-hydrogen) atoms. The van der Waals surface area contributed by atoms with E-state index in [9.17, 15) is 24.6 Å². The molecular weight excluding hydrogens is 382 g/mol. The van der Waals surface area contributed by atoms with Gasteiger partial charge in [0.1, 0.15) is 0 Å². The van der Waals surface area contributed by atoms with Crippen molar-refractivity contribution in [3.63, 3.8) is 0 Å². The Hall–Kier alpha value is -3.15. The number of hydrogen-bond acceptors (Lipinski definition) is 3. The van der Waals surface area contributed by atoms with E-state index in [4.69, 9.17) is 0 Å². The number of hydrogen-bond donors (Lipinski definition) is 3. The van der Waals surface area contributed by atoms with Gasteiger partial charge in [-0.3, -0.25) is 14.4 Å². The topological polar surface area (TPSA) is 104 Å². The van der Waals surface area contributed by atoms with E-state index in [1.807, 2.05) is 54.6 Å². The summed E-state index contributed by atoms with van der Waals surface area (Å²) in [6.45, 7) is 1.61. The Labute approximate surface area is 175 Å². The van der Waals surface area contributed by atoms with E-state index < -0.39 is 29.7 Å². The molecule has 1 saturated carbocycles. The summed E-state index contributed by atoms with van der Waals surface area (Å²) in [5, 5.41) is 21.4. The third-order valence-corrected chi connectivity index (χ3v) is 5.88. The quantitative estimate of drug-likeness (QED) is 0.587. The Balaban J connectivity index is 1.70. The van der Waals surface area contributed by atoms with Crippen LogP contribution in [0.2, 0.25) is 0 Å². The number of amides is 1. The molecule has 4 atom stereocenters. The van der Waals surface area contributed by atoms with Gasteiger partial charge in [-0.2, -0.15) is 0 Å². The summed E-state index contributed by atoms with van der Waals surface area (Å²) in [6.07, 6.45) is 1.83. The molecule has 0 heterocycles. The fourth-order valence-corrected chi connectivity index (χ4v) is 3.89. The van der Waals surface area contributed by atoms with E-state index >= 15 is 0 Å². The lowest BCUT2D eigenvalue weighted by atomic mass is 9.73. The molecule has 2 aromatic carbocycles. The third kappa shape index (κ3) is 5.26. The van der Waals surface area contributed by atoms with Crippen molar-refractivity contribution < 1.29 is 24.6 Å². The minimum Gasteiger partial charge on any atom is -0.481 e. The highest BCUT2D eigenvalue weighted by atomic mass is 16.4. The number of benzene rings is 2. The van der Waals surface area contributed by atoms with Gasteiger partial charge in [0, 0.05) is 6.04 Å². The van der Waals surface area contributed by atoms with Crippen LogP contribution in [-0.4, -0.2) is 34.1 Å². The van der Waals surface area contributed by atoms with E-state index in [-0.39, 0.29) is 18.4 Å². The number of carbonyl (C=O) groups excluding carboxylic acids is 1. The molecule has 0 bridgehead atoms. The standard InChI is InChI=1S/C24H27NO5/c1-15(23(27)28)13-19(25-22(26)20-11-12-21(20)24(29)30)14-16-7-9-18(10-8-16)17-5-3-2-4-6-17/h2-10,15,19-21H,11-14H2,1H3,(H,25,26)(H,27,28)(H,29,30)/t15-,19+,20+,21-/m1/s1. The minimum atomic E-state index is -0.951. The molecule has 0 spiro atoms. The summed E-state index contributed by atoms with van der Waals surface area (Å²) in [4.78, 5) is 35.2. The lowest BCUT2D eigenvalue weighted by Gasteiger charge is -2.33. The largest absolute Gasteiger partial charge is 0.481 e. The molecular formula is C24H27NO5. The summed E-state index contributed by atoms with van der Waals surface area (Å²) in [7, 11) is 0. The van der Waals surface area contributed by atoms with Gasteiger partial charge in [-0.15, -0.1) is 0 Å². The highest BCUT2D eigenvalue weighted by Crippen LogP contribution is 2.34. The SMILES string of the molecule is C[C@H](C[C@@H](Cc1ccc(-c2ccccc2)cc1)NC(=O)[C@H]1CC[C@H]1C(=O)O)C(=O)O. The molecule has 3 rings (SSSR count). The first-order valence-corrected chi connectivity index (χ1v) is 10.3. The van der Waals surface area contributed by atoms with Gasteiger partial charge >= 0.3 is 11.9 Å². The van der Waals surface area contributed by atoms with Gasteiger partial charge in [0.15, 0.2) is 0 Å². The van der Waals surface area contributed by atoms with Crippen molar-refractivity contribution in [2.45, 2.75) is 38.6 Å². The lowest BCUT2D eigenvalue weighted by Crippen LogP contribution is -2.48. The Morgan fingerprint density at radius 3 is 2.07 bits per heavy atom. The van der Waals surface area contributed by atoms with Gasteiger partial charge < -0.3 is 15.5 Å². The molecule has 0 aromatic heterocycles. The Bertz CT molecular complexity index is 894. The van der Waals surface area contributed by atoms with Gasteiger partial charge in [-0.05, 0) is 42.4 Å². The zero-order valence-corrected chi connectivity index (χ0v) is 17.0. The van der Waals surface area contributed by atoms with E-state index in [1.165, 1.54) is 0 Å². The predicted molar refractivity (Wildman–Crippen MR) is 113 cm³/mol. The van der Waals surface area contributed by atoms with Crippen molar-refractivity contribution >= 4 is 17.8 Å². The van der Waals surface area contributed by atoms with E-state index in [1.54, 1.807) is 6.92 Å². The summed E-state index contributed by atoms with van der Waals surface area (Å²) in [5.41, 5.74) is 3.18. The Kier molecular flexibility index (Phi) is 6.87. The Morgan fingerprint density at radius 1 is 0.933 bits per heavy atom.